The Morgan fingerprint density at radius 1 is 1.21 bits per heavy atom. The molecule has 1 amide bonds. The number of amides is 1. The summed E-state index contributed by atoms with van der Waals surface area (Å²) in [5.74, 6) is -0.869. The van der Waals surface area contributed by atoms with Crippen LogP contribution < -0.4 is 5.32 Å². The molecule has 0 aliphatic carbocycles. The van der Waals surface area contributed by atoms with Crippen LogP contribution in [0.25, 0.3) is 5.69 Å². The summed E-state index contributed by atoms with van der Waals surface area (Å²) in [6, 6.07) is 4.64. The lowest BCUT2D eigenvalue weighted by Gasteiger charge is -2.30. The number of carbonyl (C=O) groups is 1. The van der Waals surface area contributed by atoms with Crippen molar-refractivity contribution in [2.24, 2.45) is 5.92 Å². The van der Waals surface area contributed by atoms with E-state index in [1.54, 1.807) is 12.3 Å². The SMILES string of the molecule is Cc1noc(C)c1S(=O)(=O)N1CCC(C(=O)Nc2cc(C(F)(F)F)ccc2-n2cccn2)CC1. The normalized spacial score (nSPS) is 16.0. The maximum Gasteiger partial charge on any atom is 0.416 e. The Bertz CT molecular complexity index is 1270. The molecule has 0 radical (unpaired) electrons. The molecule has 2 aromatic heterocycles. The zero-order chi connectivity index (χ0) is 24.7. The highest BCUT2D eigenvalue weighted by atomic mass is 32.2. The molecule has 1 aliphatic rings. The zero-order valence-electron chi connectivity index (χ0n) is 18.3. The summed E-state index contributed by atoms with van der Waals surface area (Å²) in [6.07, 6.45) is -1.14. The summed E-state index contributed by atoms with van der Waals surface area (Å²) < 4.78 is 73.3. The highest BCUT2D eigenvalue weighted by Crippen LogP contribution is 2.34. The van der Waals surface area contributed by atoms with Crippen LogP contribution >= 0.6 is 0 Å². The van der Waals surface area contributed by atoms with Gasteiger partial charge in [-0.25, -0.2) is 13.1 Å². The third-order valence-corrected chi connectivity index (χ3v) is 7.87. The van der Waals surface area contributed by atoms with Gasteiger partial charge in [-0.2, -0.15) is 22.6 Å². The van der Waals surface area contributed by atoms with Crippen LogP contribution in [0.15, 0.2) is 46.1 Å². The smallest absolute Gasteiger partial charge is 0.360 e. The van der Waals surface area contributed by atoms with E-state index in [2.05, 4.69) is 15.6 Å². The van der Waals surface area contributed by atoms with E-state index in [1.807, 2.05) is 0 Å². The van der Waals surface area contributed by atoms with Gasteiger partial charge >= 0.3 is 6.18 Å². The van der Waals surface area contributed by atoms with Crippen LogP contribution in [-0.2, 0) is 21.0 Å². The van der Waals surface area contributed by atoms with Crippen LogP contribution in [0, 0.1) is 19.8 Å². The third-order valence-electron chi connectivity index (χ3n) is 5.72. The molecule has 1 N–H and O–H groups in total. The van der Waals surface area contributed by atoms with Crippen molar-refractivity contribution in [3.05, 3.63) is 53.7 Å². The maximum absolute atomic E-state index is 13.3. The number of aromatic nitrogens is 3. The average Bonchev–Trinajstić information content (AvgIpc) is 3.43. The molecular formula is C21H22F3N5O4S. The second kappa shape index (κ2) is 8.87. The summed E-state index contributed by atoms with van der Waals surface area (Å²) in [5, 5.41) is 10.3. The molecule has 9 nitrogen and oxygen atoms in total. The Kier molecular flexibility index (Phi) is 6.25. The minimum Gasteiger partial charge on any atom is -0.360 e. The van der Waals surface area contributed by atoms with Crippen molar-refractivity contribution >= 4 is 21.6 Å². The van der Waals surface area contributed by atoms with E-state index in [0.29, 0.717) is 0 Å². The van der Waals surface area contributed by atoms with Crippen LogP contribution in [0.5, 0.6) is 0 Å². The first kappa shape index (κ1) is 24.0. The lowest BCUT2D eigenvalue weighted by Crippen LogP contribution is -2.41. The molecule has 1 saturated heterocycles. The van der Waals surface area contributed by atoms with Crippen molar-refractivity contribution in [1.29, 1.82) is 0 Å². The Balaban J connectivity index is 1.50. The molecule has 0 unspecified atom stereocenters. The van der Waals surface area contributed by atoms with Crippen molar-refractivity contribution in [3.63, 3.8) is 0 Å². The van der Waals surface area contributed by atoms with E-state index in [4.69, 9.17) is 4.52 Å². The predicted octanol–water partition coefficient (Wildman–Crippen LogP) is 3.54. The van der Waals surface area contributed by atoms with Crippen molar-refractivity contribution in [3.8, 4) is 5.69 Å². The first-order valence-corrected chi connectivity index (χ1v) is 11.9. The molecule has 0 bridgehead atoms. The fraction of sp³-hybridized carbons (Fsp3) is 0.381. The second-order valence-corrected chi connectivity index (χ2v) is 9.88. The average molecular weight is 497 g/mol. The van der Waals surface area contributed by atoms with Crippen LogP contribution in [0.4, 0.5) is 18.9 Å². The predicted molar refractivity (Wildman–Crippen MR) is 115 cm³/mol. The standard InChI is InChI=1S/C21H22F3N5O4S/c1-13-19(14(2)33-27-13)34(31,32)28-10-6-15(7-11-28)20(30)26-17-12-16(21(22,23)24)4-5-18(17)29-9-3-8-25-29/h3-5,8-9,12,15H,6-7,10-11H2,1-2H3,(H,26,30). The minimum atomic E-state index is -4.58. The summed E-state index contributed by atoms with van der Waals surface area (Å²) in [6.45, 7) is 3.22. The Hall–Kier alpha value is -3.19. The van der Waals surface area contributed by atoms with Gasteiger partial charge in [0.05, 0.1) is 16.9 Å². The summed E-state index contributed by atoms with van der Waals surface area (Å²) >= 11 is 0. The number of rotatable bonds is 5. The van der Waals surface area contributed by atoms with E-state index in [9.17, 15) is 26.4 Å². The molecular weight excluding hydrogens is 475 g/mol. The van der Waals surface area contributed by atoms with E-state index in [0.717, 1.165) is 12.1 Å². The highest BCUT2D eigenvalue weighted by Gasteiger charge is 2.36. The monoisotopic (exact) mass is 497 g/mol. The number of nitrogens with one attached hydrogen (secondary N) is 1. The number of aryl methyl sites for hydroxylation is 2. The van der Waals surface area contributed by atoms with Crippen molar-refractivity contribution < 1.29 is 30.9 Å². The van der Waals surface area contributed by atoms with E-state index >= 15 is 0 Å². The zero-order valence-corrected chi connectivity index (χ0v) is 19.2. The topological polar surface area (TPSA) is 110 Å². The van der Waals surface area contributed by atoms with Gasteiger partial charge in [-0.3, -0.25) is 4.79 Å². The number of hydrogen-bond acceptors (Lipinski definition) is 6. The summed E-state index contributed by atoms with van der Waals surface area (Å²) in [5.41, 5.74) is -0.397. The van der Waals surface area contributed by atoms with E-state index in [-0.39, 0.29) is 53.7 Å². The van der Waals surface area contributed by atoms with E-state index < -0.39 is 33.6 Å². The number of hydrogen-bond donors (Lipinski definition) is 1. The van der Waals surface area contributed by atoms with Crippen LogP contribution in [-0.4, -0.2) is 46.7 Å². The lowest BCUT2D eigenvalue weighted by atomic mass is 9.97. The number of nitrogens with zero attached hydrogens (tertiary/aromatic N) is 4. The number of carbonyl (C=O) groups excluding carboxylic acids is 1. The molecule has 0 spiro atoms. The molecule has 1 aromatic carbocycles. The minimum absolute atomic E-state index is 0.0169. The van der Waals surface area contributed by atoms with Gasteiger partial charge in [0.15, 0.2) is 5.76 Å². The molecule has 3 aromatic rings. The molecule has 0 saturated carbocycles. The quantitative estimate of drug-likeness (QED) is 0.578. The largest absolute Gasteiger partial charge is 0.416 e. The number of piperidine rings is 1. The van der Waals surface area contributed by atoms with Gasteiger partial charge in [-0.1, -0.05) is 5.16 Å². The third kappa shape index (κ3) is 4.57. The number of sulfonamides is 1. The molecule has 182 valence electrons. The van der Waals surface area contributed by atoms with Gasteiger partial charge in [0.1, 0.15) is 10.6 Å². The molecule has 0 atom stereocenters. The van der Waals surface area contributed by atoms with Gasteiger partial charge in [-0.05, 0) is 51.0 Å². The van der Waals surface area contributed by atoms with Crippen LogP contribution in [0.2, 0.25) is 0 Å². The molecule has 1 aliphatic heterocycles. The molecule has 34 heavy (non-hydrogen) atoms. The van der Waals surface area contributed by atoms with Gasteiger partial charge in [0.25, 0.3) is 0 Å². The van der Waals surface area contributed by atoms with Crippen molar-refractivity contribution in [1.82, 2.24) is 19.2 Å². The van der Waals surface area contributed by atoms with Crippen LogP contribution in [0.3, 0.4) is 0 Å². The molecule has 1 fully saturated rings. The Morgan fingerprint density at radius 2 is 1.91 bits per heavy atom. The Labute approximate surface area is 193 Å². The number of benzene rings is 1. The summed E-state index contributed by atoms with van der Waals surface area (Å²) in [4.78, 5) is 12.9. The number of alkyl halides is 3. The fourth-order valence-corrected chi connectivity index (χ4v) is 5.75. The first-order valence-electron chi connectivity index (χ1n) is 10.4. The first-order chi connectivity index (χ1) is 16.0. The maximum atomic E-state index is 13.3. The highest BCUT2D eigenvalue weighted by molar-refractivity contribution is 7.89. The molecule has 3 heterocycles. The van der Waals surface area contributed by atoms with Gasteiger partial charge in [0.2, 0.25) is 15.9 Å². The van der Waals surface area contributed by atoms with Crippen molar-refractivity contribution in [2.45, 2.75) is 37.8 Å². The van der Waals surface area contributed by atoms with Gasteiger partial charge in [0, 0.05) is 31.4 Å². The Morgan fingerprint density at radius 3 is 2.47 bits per heavy atom. The van der Waals surface area contributed by atoms with Gasteiger partial charge < -0.3 is 9.84 Å². The molecule has 4 rings (SSSR count). The summed E-state index contributed by atoms with van der Waals surface area (Å²) in [7, 11) is -3.84. The van der Waals surface area contributed by atoms with E-state index in [1.165, 1.54) is 35.1 Å². The lowest BCUT2D eigenvalue weighted by molar-refractivity contribution is -0.137. The fourth-order valence-electron chi connectivity index (χ4n) is 3.99. The number of halogens is 3. The van der Waals surface area contributed by atoms with Crippen molar-refractivity contribution in [2.75, 3.05) is 18.4 Å². The van der Waals surface area contributed by atoms with Crippen LogP contribution in [0.1, 0.15) is 29.9 Å². The van der Waals surface area contributed by atoms with Gasteiger partial charge in [-0.15, -0.1) is 0 Å². The molecule has 13 heteroatoms. The number of anilines is 1. The second-order valence-electron chi connectivity index (χ2n) is 8.00.